The smallest absolute Gasteiger partial charge is 0.128 e. The summed E-state index contributed by atoms with van der Waals surface area (Å²) in [5.74, 6) is 1.17. The van der Waals surface area contributed by atoms with E-state index in [1.54, 1.807) is 17.4 Å². The van der Waals surface area contributed by atoms with Gasteiger partial charge in [0.05, 0.1) is 21.5 Å². The Bertz CT molecular complexity index is 1950. The molecule has 0 saturated carbocycles. The van der Waals surface area contributed by atoms with Gasteiger partial charge in [0.25, 0.3) is 0 Å². The molecule has 0 aliphatic heterocycles. The van der Waals surface area contributed by atoms with Crippen LogP contribution in [0.4, 0.5) is 0 Å². The molecular formula is C40H40N2OS. The minimum atomic E-state index is -0.0329. The van der Waals surface area contributed by atoms with Crippen LogP contribution >= 0.6 is 11.3 Å². The van der Waals surface area contributed by atoms with Gasteiger partial charge < -0.3 is 5.11 Å². The normalized spacial score (nSPS) is 12.0. The van der Waals surface area contributed by atoms with E-state index in [0.29, 0.717) is 11.8 Å². The number of nitrogens with zero attached hydrogens (tertiary/aromatic N) is 2. The van der Waals surface area contributed by atoms with E-state index in [9.17, 15) is 5.11 Å². The highest BCUT2D eigenvalue weighted by Crippen LogP contribution is 2.42. The van der Waals surface area contributed by atoms with Gasteiger partial charge in [0.1, 0.15) is 10.8 Å². The van der Waals surface area contributed by atoms with E-state index in [0.717, 1.165) is 43.2 Å². The lowest BCUT2D eigenvalue weighted by molar-refractivity contribution is 0.477. The molecular weight excluding hydrogens is 557 g/mol. The topological polar surface area (TPSA) is 46.0 Å². The van der Waals surface area contributed by atoms with Crippen molar-refractivity contribution < 1.29 is 5.11 Å². The molecule has 3 nitrogen and oxygen atoms in total. The van der Waals surface area contributed by atoms with Crippen molar-refractivity contribution in [3.8, 4) is 49.8 Å². The minimum absolute atomic E-state index is 0.0329. The zero-order chi connectivity index (χ0) is 31.2. The van der Waals surface area contributed by atoms with Crippen molar-refractivity contribution in [1.82, 2.24) is 9.97 Å². The summed E-state index contributed by atoms with van der Waals surface area (Å²) in [6.45, 7) is 15.8. The average molecular weight is 597 g/mol. The van der Waals surface area contributed by atoms with Gasteiger partial charge >= 0.3 is 0 Å². The Balaban J connectivity index is 1.47. The van der Waals surface area contributed by atoms with E-state index in [2.05, 4.69) is 115 Å². The summed E-state index contributed by atoms with van der Waals surface area (Å²) in [5.41, 5.74) is 12.3. The van der Waals surface area contributed by atoms with E-state index in [4.69, 9.17) is 9.97 Å². The monoisotopic (exact) mass is 596 g/mol. The van der Waals surface area contributed by atoms with Crippen molar-refractivity contribution in [1.29, 1.82) is 0 Å². The van der Waals surface area contributed by atoms with E-state index in [1.165, 1.54) is 27.8 Å². The first kappa shape index (κ1) is 29.8. The summed E-state index contributed by atoms with van der Waals surface area (Å²) in [4.78, 5) is 9.90. The Morgan fingerprint density at radius 2 is 1.36 bits per heavy atom. The van der Waals surface area contributed by atoms with Gasteiger partial charge in [0.2, 0.25) is 0 Å². The van der Waals surface area contributed by atoms with Crippen molar-refractivity contribution in [2.24, 2.45) is 0 Å². The molecule has 0 spiro atoms. The van der Waals surface area contributed by atoms with Crippen LogP contribution in [0.3, 0.4) is 0 Å². The summed E-state index contributed by atoms with van der Waals surface area (Å²) < 4.78 is 1.11. The van der Waals surface area contributed by atoms with Gasteiger partial charge in [0.15, 0.2) is 0 Å². The molecule has 2 heterocycles. The fourth-order valence-electron chi connectivity index (χ4n) is 5.58. The van der Waals surface area contributed by atoms with Crippen LogP contribution < -0.4 is 0 Å². The zero-order valence-corrected chi connectivity index (χ0v) is 27.5. The maximum Gasteiger partial charge on any atom is 0.128 e. The Morgan fingerprint density at radius 3 is 2.05 bits per heavy atom. The summed E-state index contributed by atoms with van der Waals surface area (Å²) in [6.07, 6.45) is 1.92. The third-order valence-electron chi connectivity index (χ3n) is 8.37. The highest BCUT2D eigenvalue weighted by molar-refractivity contribution is 7.21. The van der Waals surface area contributed by atoms with E-state index in [-0.39, 0.29) is 11.2 Å². The molecule has 0 aliphatic rings. The fraction of sp³-hybridized carbons (Fsp3) is 0.250. The van der Waals surface area contributed by atoms with Gasteiger partial charge in [0, 0.05) is 17.3 Å². The molecule has 0 unspecified atom stereocenters. The molecule has 4 aromatic carbocycles. The Labute approximate surface area is 265 Å². The first-order valence-corrected chi connectivity index (χ1v) is 16.2. The molecule has 0 atom stereocenters. The van der Waals surface area contributed by atoms with Crippen LogP contribution in [-0.4, -0.2) is 15.1 Å². The van der Waals surface area contributed by atoms with Crippen molar-refractivity contribution in [2.75, 3.05) is 0 Å². The number of phenolic OH excluding ortho intramolecular Hbond substituents is 1. The molecule has 0 radical (unpaired) electrons. The molecule has 0 bridgehead atoms. The first-order valence-electron chi connectivity index (χ1n) is 15.4. The molecule has 4 heteroatoms. The van der Waals surface area contributed by atoms with Crippen molar-refractivity contribution in [3.05, 3.63) is 114 Å². The van der Waals surface area contributed by atoms with Crippen molar-refractivity contribution in [2.45, 2.75) is 65.7 Å². The number of para-hydroxylation sites is 1. The fourth-order valence-corrected chi connectivity index (χ4v) is 6.64. The van der Waals surface area contributed by atoms with Crippen molar-refractivity contribution in [3.63, 3.8) is 0 Å². The summed E-state index contributed by atoms with van der Waals surface area (Å²) >= 11 is 1.63. The molecule has 6 rings (SSSR count). The largest absolute Gasteiger partial charge is 0.507 e. The number of aromatic hydroxyl groups is 1. The highest BCUT2D eigenvalue weighted by atomic mass is 32.1. The second-order valence-electron chi connectivity index (χ2n) is 13.4. The Hall–Kier alpha value is -4.28. The number of hydrogen-bond donors (Lipinski definition) is 1. The third kappa shape index (κ3) is 5.92. The lowest BCUT2D eigenvalue weighted by Gasteiger charge is -2.20. The maximum absolute atomic E-state index is 10.6. The Kier molecular flexibility index (Phi) is 7.89. The van der Waals surface area contributed by atoms with Crippen molar-refractivity contribution >= 4 is 21.6 Å². The van der Waals surface area contributed by atoms with Crippen LogP contribution in [0.1, 0.15) is 77.0 Å². The van der Waals surface area contributed by atoms with Gasteiger partial charge in [-0.1, -0.05) is 97.0 Å². The number of thiazole rings is 1. The van der Waals surface area contributed by atoms with Crippen LogP contribution in [-0.2, 0) is 5.41 Å². The minimum Gasteiger partial charge on any atom is -0.507 e. The van der Waals surface area contributed by atoms with Gasteiger partial charge in [-0.15, -0.1) is 11.3 Å². The molecule has 222 valence electrons. The predicted octanol–water partition coefficient (Wildman–Crippen LogP) is 11.6. The first-order chi connectivity index (χ1) is 21.0. The summed E-state index contributed by atoms with van der Waals surface area (Å²) in [5, 5.41) is 11.4. The number of phenols is 1. The second-order valence-corrected chi connectivity index (χ2v) is 14.4. The van der Waals surface area contributed by atoms with Gasteiger partial charge in [-0.05, 0) is 93.1 Å². The number of benzene rings is 4. The van der Waals surface area contributed by atoms with Crippen LogP contribution in [0.15, 0.2) is 97.2 Å². The maximum atomic E-state index is 10.6. The number of hydrogen-bond acceptors (Lipinski definition) is 4. The summed E-state index contributed by atoms with van der Waals surface area (Å²) in [6, 6.07) is 31.9. The summed E-state index contributed by atoms with van der Waals surface area (Å²) in [7, 11) is 0. The van der Waals surface area contributed by atoms with Crippen LogP contribution in [0, 0.1) is 0 Å². The number of fused-ring (bicyclic) bond motifs is 1. The van der Waals surface area contributed by atoms with Crippen LogP contribution in [0.25, 0.3) is 54.3 Å². The Morgan fingerprint density at radius 1 is 0.659 bits per heavy atom. The lowest BCUT2D eigenvalue weighted by atomic mass is 9.85. The molecule has 1 N–H and O–H groups in total. The second kappa shape index (κ2) is 11.7. The lowest BCUT2D eigenvalue weighted by Crippen LogP contribution is -2.11. The standard InChI is InChI=1S/C40H40N2OS/c1-24(2)29-18-30(25(3)4)20-31(19-29)26-15-16-41-35(21-26)28-12-10-11-27(17-28)34-22-32(40(5,6)7)23-37-38(34)42-39(44-37)33-13-8-9-14-36(33)43/h8-25,43H,1-7H3. The molecule has 0 fully saturated rings. The van der Waals surface area contributed by atoms with Gasteiger partial charge in [-0.2, -0.15) is 0 Å². The number of rotatable bonds is 6. The third-order valence-corrected chi connectivity index (χ3v) is 9.40. The molecule has 2 aromatic heterocycles. The molecule has 6 aromatic rings. The van der Waals surface area contributed by atoms with Crippen LogP contribution in [0.5, 0.6) is 5.75 Å². The number of pyridine rings is 1. The van der Waals surface area contributed by atoms with E-state index in [1.807, 2.05) is 24.4 Å². The van der Waals surface area contributed by atoms with E-state index >= 15 is 0 Å². The van der Waals surface area contributed by atoms with Gasteiger partial charge in [-0.25, -0.2) is 4.98 Å². The van der Waals surface area contributed by atoms with Gasteiger partial charge in [-0.3, -0.25) is 4.98 Å². The quantitative estimate of drug-likeness (QED) is 0.208. The molecule has 0 saturated heterocycles. The average Bonchev–Trinajstić information content (AvgIpc) is 3.44. The predicted molar refractivity (Wildman–Crippen MR) is 188 cm³/mol. The highest BCUT2D eigenvalue weighted by Gasteiger charge is 2.21. The zero-order valence-electron chi connectivity index (χ0n) is 26.6. The van der Waals surface area contributed by atoms with E-state index < -0.39 is 0 Å². The molecule has 44 heavy (non-hydrogen) atoms. The molecule has 0 amide bonds. The number of aromatic nitrogens is 2. The van der Waals surface area contributed by atoms with Crippen LogP contribution in [0.2, 0.25) is 0 Å². The molecule has 0 aliphatic carbocycles. The SMILES string of the molecule is CC(C)c1cc(-c2ccnc(-c3cccc(-c4cc(C(C)(C)C)cc5sc(-c6ccccc6O)nc45)c3)c2)cc(C(C)C)c1.